The van der Waals surface area contributed by atoms with Crippen LogP contribution >= 0.6 is 0 Å². The summed E-state index contributed by atoms with van der Waals surface area (Å²) < 4.78 is 5.21. The Bertz CT molecular complexity index is 287. The topological polar surface area (TPSA) is 41.5 Å². The van der Waals surface area contributed by atoms with Crippen LogP contribution in [0.5, 0.6) is 5.75 Å². The maximum absolute atomic E-state index is 8.60. The van der Waals surface area contributed by atoms with Crippen LogP contribution < -0.4 is 10.1 Å². The Morgan fingerprint density at radius 3 is 2.86 bits per heavy atom. The van der Waals surface area contributed by atoms with E-state index in [-0.39, 0.29) is 6.61 Å². The van der Waals surface area contributed by atoms with Gasteiger partial charge >= 0.3 is 0 Å². The summed E-state index contributed by atoms with van der Waals surface area (Å²) in [6, 6.07) is 6.11. The third-order valence-corrected chi connectivity index (χ3v) is 2.09. The van der Waals surface area contributed by atoms with Crippen LogP contribution in [-0.4, -0.2) is 25.4 Å². The van der Waals surface area contributed by atoms with Crippen LogP contribution in [0.3, 0.4) is 0 Å². The standard InChI is InChI=1S/C11H17NO2/c1-9-3-4-10(7-11(9)14-2)8-12-5-6-13/h3-4,7,12-13H,5-6,8H2,1-2H3. The van der Waals surface area contributed by atoms with Crippen molar-refractivity contribution in [3.63, 3.8) is 0 Å². The summed E-state index contributed by atoms with van der Waals surface area (Å²) in [6.45, 7) is 3.57. The van der Waals surface area contributed by atoms with Crippen molar-refractivity contribution in [1.29, 1.82) is 0 Å². The minimum atomic E-state index is 0.170. The lowest BCUT2D eigenvalue weighted by molar-refractivity contribution is 0.292. The van der Waals surface area contributed by atoms with E-state index in [0.29, 0.717) is 6.54 Å². The zero-order valence-electron chi connectivity index (χ0n) is 8.71. The van der Waals surface area contributed by atoms with E-state index in [2.05, 4.69) is 11.4 Å². The highest BCUT2D eigenvalue weighted by Gasteiger charge is 1.99. The van der Waals surface area contributed by atoms with Crippen LogP contribution in [0.25, 0.3) is 0 Å². The van der Waals surface area contributed by atoms with Gasteiger partial charge in [-0.3, -0.25) is 0 Å². The molecule has 78 valence electrons. The van der Waals surface area contributed by atoms with Gasteiger partial charge in [0.25, 0.3) is 0 Å². The van der Waals surface area contributed by atoms with Gasteiger partial charge in [-0.25, -0.2) is 0 Å². The van der Waals surface area contributed by atoms with Crippen LogP contribution in [0.15, 0.2) is 18.2 Å². The van der Waals surface area contributed by atoms with E-state index >= 15 is 0 Å². The molecule has 0 radical (unpaired) electrons. The largest absolute Gasteiger partial charge is 0.496 e. The third kappa shape index (κ3) is 3.01. The fourth-order valence-electron chi connectivity index (χ4n) is 1.29. The summed E-state index contributed by atoms with van der Waals surface area (Å²) in [7, 11) is 1.67. The van der Waals surface area contributed by atoms with E-state index in [1.807, 2.05) is 19.1 Å². The van der Waals surface area contributed by atoms with E-state index in [9.17, 15) is 0 Å². The lowest BCUT2D eigenvalue weighted by Crippen LogP contribution is -2.17. The van der Waals surface area contributed by atoms with Gasteiger partial charge < -0.3 is 15.2 Å². The molecule has 2 N–H and O–H groups in total. The first-order valence-electron chi connectivity index (χ1n) is 4.73. The smallest absolute Gasteiger partial charge is 0.122 e. The number of methoxy groups -OCH3 is 1. The van der Waals surface area contributed by atoms with E-state index in [0.717, 1.165) is 17.9 Å². The summed E-state index contributed by atoms with van der Waals surface area (Å²) in [6.07, 6.45) is 0. The van der Waals surface area contributed by atoms with Crippen LogP contribution in [0.1, 0.15) is 11.1 Å². The molecule has 0 atom stereocenters. The van der Waals surface area contributed by atoms with Crippen molar-refractivity contribution in [2.24, 2.45) is 0 Å². The molecule has 1 rings (SSSR count). The van der Waals surface area contributed by atoms with E-state index in [1.165, 1.54) is 5.56 Å². The SMILES string of the molecule is COc1cc(CNCCO)ccc1C. The van der Waals surface area contributed by atoms with Gasteiger partial charge in [0, 0.05) is 13.1 Å². The van der Waals surface area contributed by atoms with Gasteiger partial charge in [0.1, 0.15) is 5.75 Å². The second kappa shape index (κ2) is 5.62. The molecule has 0 aliphatic heterocycles. The lowest BCUT2D eigenvalue weighted by Gasteiger charge is -2.08. The number of aliphatic hydroxyl groups excluding tert-OH is 1. The molecule has 0 aliphatic rings. The van der Waals surface area contributed by atoms with Crippen molar-refractivity contribution >= 4 is 0 Å². The molecule has 3 nitrogen and oxygen atoms in total. The van der Waals surface area contributed by atoms with Crippen LogP contribution in [0, 0.1) is 6.92 Å². The Hall–Kier alpha value is -1.06. The molecule has 0 unspecified atom stereocenters. The Balaban J connectivity index is 2.60. The molecule has 1 aromatic rings. The van der Waals surface area contributed by atoms with Crippen molar-refractivity contribution in [2.75, 3.05) is 20.3 Å². The van der Waals surface area contributed by atoms with Crippen molar-refractivity contribution in [2.45, 2.75) is 13.5 Å². The first-order valence-corrected chi connectivity index (χ1v) is 4.73. The van der Waals surface area contributed by atoms with Crippen molar-refractivity contribution in [3.05, 3.63) is 29.3 Å². The highest BCUT2D eigenvalue weighted by atomic mass is 16.5. The number of nitrogens with one attached hydrogen (secondary N) is 1. The first kappa shape index (κ1) is 11.0. The number of hydrogen-bond donors (Lipinski definition) is 2. The normalized spacial score (nSPS) is 10.2. The number of rotatable bonds is 5. The molecule has 0 heterocycles. The molecule has 0 fully saturated rings. The van der Waals surface area contributed by atoms with Crippen LogP contribution in [-0.2, 0) is 6.54 Å². The predicted octanol–water partition coefficient (Wildman–Crippen LogP) is 1.09. The molecule has 0 aromatic heterocycles. The van der Waals surface area contributed by atoms with Crippen LogP contribution in [0.4, 0.5) is 0 Å². The van der Waals surface area contributed by atoms with E-state index in [1.54, 1.807) is 7.11 Å². The monoisotopic (exact) mass is 195 g/mol. The molecule has 0 amide bonds. The molecule has 3 heteroatoms. The molecule has 0 saturated carbocycles. The lowest BCUT2D eigenvalue weighted by atomic mass is 10.1. The summed E-state index contributed by atoms with van der Waals surface area (Å²) in [5.41, 5.74) is 2.30. The average Bonchev–Trinajstić information content (AvgIpc) is 2.21. The fourth-order valence-corrected chi connectivity index (χ4v) is 1.29. The minimum absolute atomic E-state index is 0.170. The molecular weight excluding hydrogens is 178 g/mol. The highest BCUT2D eigenvalue weighted by Crippen LogP contribution is 2.18. The summed E-state index contributed by atoms with van der Waals surface area (Å²) in [5, 5.41) is 11.7. The summed E-state index contributed by atoms with van der Waals surface area (Å²) in [4.78, 5) is 0. The van der Waals surface area contributed by atoms with Crippen molar-refractivity contribution in [3.8, 4) is 5.75 Å². The zero-order chi connectivity index (χ0) is 10.4. The second-order valence-corrected chi connectivity index (χ2v) is 3.20. The van der Waals surface area contributed by atoms with Gasteiger partial charge in [0.2, 0.25) is 0 Å². The molecular formula is C11H17NO2. The number of aryl methyl sites for hydroxylation is 1. The molecule has 14 heavy (non-hydrogen) atoms. The molecule has 0 aliphatic carbocycles. The summed E-state index contributed by atoms with van der Waals surface area (Å²) in [5.74, 6) is 0.910. The Kier molecular flexibility index (Phi) is 4.43. The van der Waals surface area contributed by atoms with Gasteiger partial charge in [0.05, 0.1) is 13.7 Å². The average molecular weight is 195 g/mol. The first-order chi connectivity index (χ1) is 6.77. The number of benzene rings is 1. The van der Waals surface area contributed by atoms with E-state index < -0.39 is 0 Å². The fraction of sp³-hybridized carbons (Fsp3) is 0.455. The maximum Gasteiger partial charge on any atom is 0.122 e. The minimum Gasteiger partial charge on any atom is -0.496 e. The van der Waals surface area contributed by atoms with Gasteiger partial charge in [0.15, 0.2) is 0 Å². The molecule has 0 spiro atoms. The Morgan fingerprint density at radius 1 is 1.43 bits per heavy atom. The maximum atomic E-state index is 8.60. The molecule has 1 aromatic carbocycles. The summed E-state index contributed by atoms with van der Waals surface area (Å²) >= 11 is 0. The van der Waals surface area contributed by atoms with Gasteiger partial charge in [-0.2, -0.15) is 0 Å². The Morgan fingerprint density at radius 2 is 2.21 bits per heavy atom. The Labute approximate surface area is 84.7 Å². The number of hydrogen-bond acceptors (Lipinski definition) is 3. The van der Waals surface area contributed by atoms with E-state index in [4.69, 9.17) is 9.84 Å². The van der Waals surface area contributed by atoms with Crippen molar-refractivity contribution < 1.29 is 9.84 Å². The van der Waals surface area contributed by atoms with Gasteiger partial charge in [-0.05, 0) is 24.1 Å². The quantitative estimate of drug-likeness (QED) is 0.691. The zero-order valence-corrected chi connectivity index (χ0v) is 8.71. The third-order valence-electron chi connectivity index (χ3n) is 2.09. The number of aliphatic hydroxyl groups is 1. The van der Waals surface area contributed by atoms with Gasteiger partial charge in [-0.1, -0.05) is 12.1 Å². The molecule has 0 saturated heterocycles. The van der Waals surface area contributed by atoms with Gasteiger partial charge in [-0.15, -0.1) is 0 Å². The van der Waals surface area contributed by atoms with Crippen molar-refractivity contribution in [1.82, 2.24) is 5.32 Å². The second-order valence-electron chi connectivity index (χ2n) is 3.20. The molecule has 0 bridgehead atoms. The predicted molar refractivity (Wildman–Crippen MR) is 56.5 cm³/mol. The number of ether oxygens (including phenoxy) is 1. The van der Waals surface area contributed by atoms with Crippen LogP contribution in [0.2, 0.25) is 0 Å². The highest BCUT2D eigenvalue weighted by molar-refractivity contribution is 5.36.